The minimum Gasteiger partial charge on any atom is -0.348 e. The Morgan fingerprint density at radius 3 is 2.62 bits per heavy atom. The molecule has 3 N–H and O–H groups in total. The Labute approximate surface area is 95.9 Å². The van der Waals surface area contributed by atoms with Crippen molar-refractivity contribution in [3.8, 4) is 0 Å². The number of allylic oxidation sites excluding steroid dienone is 4. The van der Waals surface area contributed by atoms with Gasteiger partial charge in [0.15, 0.2) is 0 Å². The Bertz CT molecular complexity index is 295. The average Bonchev–Trinajstić information content (AvgIpc) is 2.30. The largest absolute Gasteiger partial charge is 0.348 e. The van der Waals surface area contributed by atoms with E-state index in [2.05, 4.69) is 18.5 Å². The number of aldehydes is 1. The zero-order chi connectivity index (χ0) is 12.4. The summed E-state index contributed by atoms with van der Waals surface area (Å²) >= 11 is 0. The minimum absolute atomic E-state index is 0.00332. The third-order valence-electron chi connectivity index (χ3n) is 2.03. The van der Waals surface area contributed by atoms with E-state index >= 15 is 0 Å². The standard InChI is InChI=1S/C12H18N2O2/c1-3-5-10(4-2)6-7-11(13)12(16)14-8-9-15/h3-5,9,11H,1-2,6-8,13H2,(H,14,16)/b10-5+. The molecule has 4 heteroatoms. The summed E-state index contributed by atoms with van der Waals surface area (Å²) in [7, 11) is 0. The summed E-state index contributed by atoms with van der Waals surface area (Å²) in [6.07, 6.45) is 6.98. The van der Waals surface area contributed by atoms with Gasteiger partial charge in [-0.15, -0.1) is 0 Å². The van der Waals surface area contributed by atoms with E-state index in [-0.39, 0.29) is 12.5 Å². The van der Waals surface area contributed by atoms with Gasteiger partial charge in [0.25, 0.3) is 0 Å². The average molecular weight is 222 g/mol. The second-order valence-corrected chi connectivity index (χ2v) is 3.24. The first-order valence-electron chi connectivity index (χ1n) is 5.06. The first-order chi connectivity index (χ1) is 7.65. The Hall–Kier alpha value is -1.68. The van der Waals surface area contributed by atoms with E-state index in [0.29, 0.717) is 19.1 Å². The molecule has 0 aliphatic rings. The molecular weight excluding hydrogens is 204 g/mol. The molecule has 0 aliphatic heterocycles. The van der Waals surface area contributed by atoms with E-state index in [0.717, 1.165) is 5.57 Å². The van der Waals surface area contributed by atoms with Crippen molar-refractivity contribution in [2.24, 2.45) is 5.73 Å². The lowest BCUT2D eigenvalue weighted by Crippen LogP contribution is -2.41. The minimum atomic E-state index is -0.604. The number of hydrogen-bond donors (Lipinski definition) is 2. The monoisotopic (exact) mass is 222 g/mol. The maximum atomic E-state index is 11.3. The van der Waals surface area contributed by atoms with Crippen LogP contribution in [0.25, 0.3) is 0 Å². The van der Waals surface area contributed by atoms with Crippen LogP contribution in [0.3, 0.4) is 0 Å². The molecule has 0 aromatic heterocycles. The van der Waals surface area contributed by atoms with Crippen molar-refractivity contribution < 1.29 is 9.59 Å². The van der Waals surface area contributed by atoms with Crippen molar-refractivity contribution in [2.75, 3.05) is 6.54 Å². The molecule has 0 saturated carbocycles. The van der Waals surface area contributed by atoms with Gasteiger partial charge in [-0.1, -0.05) is 31.4 Å². The van der Waals surface area contributed by atoms with Crippen molar-refractivity contribution in [1.82, 2.24) is 5.32 Å². The number of nitrogens with two attached hydrogens (primary N) is 1. The Morgan fingerprint density at radius 1 is 1.44 bits per heavy atom. The predicted octanol–water partition coefficient (Wildman–Crippen LogP) is 0.707. The number of nitrogens with one attached hydrogen (secondary N) is 1. The topological polar surface area (TPSA) is 72.2 Å². The molecule has 1 amide bonds. The number of carbonyl (C=O) groups is 2. The summed E-state index contributed by atoms with van der Waals surface area (Å²) in [5.74, 6) is -0.311. The number of amides is 1. The van der Waals surface area contributed by atoms with Crippen LogP contribution in [0.5, 0.6) is 0 Å². The number of carbonyl (C=O) groups excluding carboxylic acids is 2. The summed E-state index contributed by atoms with van der Waals surface area (Å²) in [5, 5.41) is 2.41. The lowest BCUT2D eigenvalue weighted by molar-refractivity contribution is -0.123. The molecule has 88 valence electrons. The third kappa shape index (κ3) is 5.93. The molecule has 0 saturated heterocycles. The molecule has 0 aromatic rings. The van der Waals surface area contributed by atoms with Gasteiger partial charge in [-0.3, -0.25) is 4.79 Å². The van der Waals surface area contributed by atoms with Gasteiger partial charge < -0.3 is 15.8 Å². The van der Waals surface area contributed by atoms with Crippen LogP contribution in [0, 0.1) is 0 Å². The highest BCUT2D eigenvalue weighted by Crippen LogP contribution is 2.07. The molecule has 0 aromatic carbocycles. The van der Waals surface area contributed by atoms with Crippen LogP contribution in [0.15, 0.2) is 37.0 Å². The fourth-order valence-corrected chi connectivity index (χ4v) is 1.13. The van der Waals surface area contributed by atoms with Gasteiger partial charge in [0.2, 0.25) is 5.91 Å². The van der Waals surface area contributed by atoms with E-state index in [1.54, 1.807) is 12.2 Å². The van der Waals surface area contributed by atoms with E-state index in [1.807, 2.05) is 6.08 Å². The van der Waals surface area contributed by atoms with Gasteiger partial charge in [-0.05, 0) is 18.4 Å². The SMILES string of the molecule is C=C/C=C(\C=C)CCC(N)C(=O)NCC=O. The van der Waals surface area contributed by atoms with Crippen LogP contribution in [0.1, 0.15) is 12.8 Å². The smallest absolute Gasteiger partial charge is 0.237 e. The lowest BCUT2D eigenvalue weighted by atomic mass is 10.1. The number of rotatable bonds is 8. The van der Waals surface area contributed by atoms with E-state index in [9.17, 15) is 9.59 Å². The van der Waals surface area contributed by atoms with E-state index < -0.39 is 6.04 Å². The van der Waals surface area contributed by atoms with Crippen LogP contribution >= 0.6 is 0 Å². The van der Waals surface area contributed by atoms with Gasteiger partial charge in [0.05, 0.1) is 12.6 Å². The van der Waals surface area contributed by atoms with Gasteiger partial charge in [0, 0.05) is 0 Å². The second-order valence-electron chi connectivity index (χ2n) is 3.24. The first kappa shape index (κ1) is 14.3. The van der Waals surface area contributed by atoms with Gasteiger partial charge >= 0.3 is 0 Å². The van der Waals surface area contributed by atoms with Crippen LogP contribution in [0.2, 0.25) is 0 Å². The second kappa shape index (κ2) is 8.61. The summed E-state index contributed by atoms with van der Waals surface area (Å²) in [6.45, 7) is 7.23. The van der Waals surface area contributed by atoms with Crippen LogP contribution in [-0.4, -0.2) is 24.8 Å². The zero-order valence-corrected chi connectivity index (χ0v) is 9.32. The highest BCUT2D eigenvalue weighted by atomic mass is 16.2. The van der Waals surface area contributed by atoms with E-state index in [1.165, 1.54) is 0 Å². The van der Waals surface area contributed by atoms with Gasteiger partial charge in [-0.25, -0.2) is 0 Å². The fourth-order valence-electron chi connectivity index (χ4n) is 1.13. The van der Waals surface area contributed by atoms with Crippen molar-refractivity contribution in [2.45, 2.75) is 18.9 Å². The van der Waals surface area contributed by atoms with Crippen molar-refractivity contribution in [1.29, 1.82) is 0 Å². The molecule has 0 spiro atoms. The highest BCUT2D eigenvalue weighted by molar-refractivity contribution is 5.83. The highest BCUT2D eigenvalue weighted by Gasteiger charge is 2.12. The molecule has 0 bridgehead atoms. The Kier molecular flexibility index (Phi) is 7.71. The number of hydrogen-bond acceptors (Lipinski definition) is 3. The molecule has 0 fully saturated rings. The summed E-state index contributed by atoms with van der Waals surface area (Å²) in [5.41, 5.74) is 6.62. The normalized spacial score (nSPS) is 12.7. The summed E-state index contributed by atoms with van der Waals surface area (Å²) < 4.78 is 0. The van der Waals surface area contributed by atoms with Crippen molar-refractivity contribution >= 4 is 12.2 Å². The van der Waals surface area contributed by atoms with Crippen LogP contribution in [0.4, 0.5) is 0 Å². The molecule has 0 aliphatic carbocycles. The summed E-state index contributed by atoms with van der Waals surface area (Å²) in [4.78, 5) is 21.3. The van der Waals surface area contributed by atoms with Crippen LogP contribution < -0.4 is 11.1 Å². The Balaban J connectivity index is 4.04. The maximum Gasteiger partial charge on any atom is 0.237 e. The fraction of sp³-hybridized carbons (Fsp3) is 0.333. The van der Waals surface area contributed by atoms with Gasteiger partial charge in [0.1, 0.15) is 6.29 Å². The van der Waals surface area contributed by atoms with Crippen molar-refractivity contribution in [3.63, 3.8) is 0 Å². The van der Waals surface area contributed by atoms with Gasteiger partial charge in [-0.2, -0.15) is 0 Å². The molecule has 0 heterocycles. The molecule has 1 unspecified atom stereocenters. The Morgan fingerprint density at radius 2 is 2.12 bits per heavy atom. The predicted molar refractivity (Wildman–Crippen MR) is 64.8 cm³/mol. The zero-order valence-electron chi connectivity index (χ0n) is 9.32. The van der Waals surface area contributed by atoms with Crippen molar-refractivity contribution in [3.05, 3.63) is 37.0 Å². The molecule has 1 atom stereocenters. The lowest BCUT2D eigenvalue weighted by Gasteiger charge is -2.10. The molecule has 4 nitrogen and oxygen atoms in total. The summed E-state index contributed by atoms with van der Waals surface area (Å²) in [6, 6.07) is -0.604. The molecular formula is C12H18N2O2. The quantitative estimate of drug-likeness (QED) is 0.469. The maximum absolute atomic E-state index is 11.3. The molecule has 16 heavy (non-hydrogen) atoms. The first-order valence-corrected chi connectivity index (χ1v) is 5.06. The third-order valence-corrected chi connectivity index (χ3v) is 2.03. The molecule has 0 rings (SSSR count). The molecule has 0 radical (unpaired) electrons. The van der Waals surface area contributed by atoms with E-state index in [4.69, 9.17) is 5.73 Å². The van der Waals surface area contributed by atoms with Crippen LogP contribution in [-0.2, 0) is 9.59 Å².